The predicted octanol–water partition coefficient (Wildman–Crippen LogP) is 5.96. The number of amides is 2. The summed E-state index contributed by atoms with van der Waals surface area (Å²) in [5.41, 5.74) is 5.31. The third kappa shape index (κ3) is 3.82. The molecule has 1 N–H and O–H groups in total. The highest BCUT2D eigenvalue weighted by molar-refractivity contribution is 6.46. The molecule has 32 heavy (non-hydrogen) atoms. The third-order valence-electron chi connectivity index (χ3n) is 5.90. The van der Waals surface area contributed by atoms with Gasteiger partial charge in [-0.2, -0.15) is 0 Å². The van der Waals surface area contributed by atoms with Crippen molar-refractivity contribution in [3.63, 3.8) is 0 Å². The van der Waals surface area contributed by atoms with Gasteiger partial charge in [-0.3, -0.25) is 9.59 Å². The van der Waals surface area contributed by atoms with Gasteiger partial charge >= 0.3 is 0 Å². The molecule has 1 aliphatic heterocycles. The number of halogens is 1. The van der Waals surface area contributed by atoms with Gasteiger partial charge in [0.05, 0.1) is 11.3 Å². The average molecular weight is 429 g/mol. The average Bonchev–Trinajstić information content (AvgIpc) is 3.01. The van der Waals surface area contributed by atoms with E-state index in [1.165, 1.54) is 29.2 Å². The molecule has 0 radical (unpaired) electrons. The minimum atomic E-state index is -0.438. The summed E-state index contributed by atoms with van der Waals surface area (Å²) in [6.45, 7) is 8.11. The van der Waals surface area contributed by atoms with E-state index in [1.807, 2.05) is 44.2 Å². The van der Waals surface area contributed by atoms with E-state index in [0.29, 0.717) is 17.2 Å². The zero-order valence-corrected chi connectivity index (χ0v) is 18.6. The molecule has 0 aliphatic carbocycles. The highest BCUT2D eigenvalue weighted by atomic mass is 19.1. The van der Waals surface area contributed by atoms with Crippen LogP contribution in [0.25, 0.3) is 5.57 Å². The number of benzene rings is 3. The van der Waals surface area contributed by atoms with Crippen LogP contribution in [-0.2, 0) is 9.59 Å². The van der Waals surface area contributed by atoms with E-state index in [0.717, 1.165) is 22.4 Å². The first kappa shape index (κ1) is 21.5. The number of nitrogens with zero attached hydrogens (tertiary/aromatic N) is 1. The van der Waals surface area contributed by atoms with E-state index in [4.69, 9.17) is 0 Å². The number of anilines is 2. The van der Waals surface area contributed by atoms with Crippen LogP contribution in [0.1, 0.15) is 42.0 Å². The van der Waals surface area contributed by atoms with Gasteiger partial charge in [0.2, 0.25) is 0 Å². The largest absolute Gasteiger partial charge is 0.350 e. The van der Waals surface area contributed by atoms with E-state index in [9.17, 15) is 14.0 Å². The lowest BCUT2D eigenvalue weighted by Gasteiger charge is -2.17. The first-order valence-corrected chi connectivity index (χ1v) is 10.6. The SMILES string of the molecule is Cc1cccc(NC2=C(c3ccc(F)cc3)C(=O)N(c3ccc(C(C)C)cc3)C2=O)c1C. The molecule has 0 unspecified atom stereocenters. The summed E-state index contributed by atoms with van der Waals surface area (Å²) in [6.07, 6.45) is 0. The number of hydrogen-bond donors (Lipinski definition) is 1. The maximum absolute atomic E-state index is 13.5. The number of hydrogen-bond acceptors (Lipinski definition) is 3. The van der Waals surface area contributed by atoms with Gasteiger partial charge in [-0.05, 0) is 72.4 Å². The zero-order chi connectivity index (χ0) is 23.0. The van der Waals surface area contributed by atoms with E-state index < -0.39 is 17.6 Å². The van der Waals surface area contributed by atoms with Crippen LogP contribution in [0, 0.1) is 19.7 Å². The van der Waals surface area contributed by atoms with Crippen LogP contribution in [-0.4, -0.2) is 11.8 Å². The number of nitrogens with one attached hydrogen (secondary N) is 1. The van der Waals surface area contributed by atoms with Crippen molar-refractivity contribution >= 4 is 28.8 Å². The van der Waals surface area contributed by atoms with Crippen LogP contribution < -0.4 is 10.2 Å². The van der Waals surface area contributed by atoms with E-state index in [1.54, 1.807) is 12.1 Å². The predicted molar refractivity (Wildman–Crippen MR) is 126 cm³/mol. The molecule has 0 spiro atoms. The summed E-state index contributed by atoms with van der Waals surface area (Å²) < 4.78 is 13.5. The van der Waals surface area contributed by atoms with Crippen LogP contribution in [0.3, 0.4) is 0 Å². The maximum atomic E-state index is 13.5. The molecule has 2 amide bonds. The molecule has 1 heterocycles. The lowest BCUT2D eigenvalue weighted by atomic mass is 10.0. The number of rotatable bonds is 5. The second-order valence-corrected chi connectivity index (χ2v) is 8.32. The summed E-state index contributed by atoms with van der Waals surface area (Å²) in [5.74, 6) is -0.945. The molecule has 5 heteroatoms. The smallest absolute Gasteiger partial charge is 0.282 e. The molecule has 0 bridgehead atoms. The summed E-state index contributed by atoms with van der Waals surface area (Å²) in [6, 6.07) is 18.8. The number of imide groups is 1. The van der Waals surface area contributed by atoms with Gasteiger partial charge in [0.1, 0.15) is 11.5 Å². The van der Waals surface area contributed by atoms with Crippen molar-refractivity contribution in [2.24, 2.45) is 0 Å². The van der Waals surface area contributed by atoms with Crippen LogP contribution in [0.2, 0.25) is 0 Å². The zero-order valence-electron chi connectivity index (χ0n) is 18.6. The molecule has 3 aromatic rings. The van der Waals surface area contributed by atoms with E-state index in [2.05, 4.69) is 19.2 Å². The lowest BCUT2D eigenvalue weighted by Crippen LogP contribution is -2.32. The van der Waals surface area contributed by atoms with Crippen molar-refractivity contribution in [1.82, 2.24) is 0 Å². The normalized spacial score (nSPS) is 14.0. The van der Waals surface area contributed by atoms with Crippen molar-refractivity contribution in [3.8, 4) is 0 Å². The van der Waals surface area contributed by atoms with Crippen LogP contribution >= 0.6 is 0 Å². The van der Waals surface area contributed by atoms with Crippen molar-refractivity contribution in [2.45, 2.75) is 33.6 Å². The van der Waals surface area contributed by atoms with Gasteiger partial charge in [-0.25, -0.2) is 9.29 Å². The van der Waals surface area contributed by atoms with Crippen LogP contribution in [0.5, 0.6) is 0 Å². The fraction of sp³-hybridized carbons (Fsp3) is 0.185. The van der Waals surface area contributed by atoms with Crippen molar-refractivity contribution in [1.29, 1.82) is 0 Å². The Balaban J connectivity index is 1.81. The Morgan fingerprint density at radius 3 is 2.12 bits per heavy atom. The Morgan fingerprint density at radius 2 is 1.50 bits per heavy atom. The highest BCUT2D eigenvalue weighted by Crippen LogP contribution is 2.35. The number of carbonyl (C=O) groups is 2. The van der Waals surface area contributed by atoms with Crippen molar-refractivity contribution < 1.29 is 14.0 Å². The first-order chi connectivity index (χ1) is 15.3. The van der Waals surface area contributed by atoms with Crippen molar-refractivity contribution in [2.75, 3.05) is 10.2 Å². The first-order valence-electron chi connectivity index (χ1n) is 10.6. The Kier molecular flexibility index (Phi) is 5.66. The van der Waals surface area contributed by atoms with E-state index >= 15 is 0 Å². The van der Waals surface area contributed by atoms with Gasteiger partial charge in [0.15, 0.2) is 0 Å². The molecular formula is C27H25FN2O2. The summed E-state index contributed by atoms with van der Waals surface area (Å²) in [7, 11) is 0. The highest BCUT2D eigenvalue weighted by Gasteiger charge is 2.40. The van der Waals surface area contributed by atoms with Crippen LogP contribution in [0.4, 0.5) is 15.8 Å². The topological polar surface area (TPSA) is 49.4 Å². The molecule has 162 valence electrons. The molecule has 3 aromatic carbocycles. The molecule has 0 saturated carbocycles. The minimum Gasteiger partial charge on any atom is -0.350 e. The van der Waals surface area contributed by atoms with Gasteiger partial charge in [0, 0.05) is 5.69 Å². The number of carbonyl (C=O) groups excluding carboxylic acids is 2. The third-order valence-corrected chi connectivity index (χ3v) is 5.90. The lowest BCUT2D eigenvalue weighted by molar-refractivity contribution is -0.120. The molecule has 1 aliphatic rings. The van der Waals surface area contributed by atoms with Gasteiger partial charge < -0.3 is 5.32 Å². The summed E-state index contributed by atoms with van der Waals surface area (Å²) in [4.78, 5) is 28.2. The second-order valence-electron chi connectivity index (χ2n) is 8.32. The fourth-order valence-corrected chi connectivity index (χ4v) is 3.79. The molecular weight excluding hydrogens is 403 g/mol. The monoisotopic (exact) mass is 428 g/mol. The molecule has 4 rings (SSSR count). The van der Waals surface area contributed by atoms with E-state index in [-0.39, 0.29) is 11.3 Å². The molecule has 0 aromatic heterocycles. The Bertz CT molecular complexity index is 1230. The fourth-order valence-electron chi connectivity index (χ4n) is 3.79. The summed E-state index contributed by atoms with van der Waals surface area (Å²) in [5, 5.41) is 3.20. The Hall–Kier alpha value is -3.73. The minimum absolute atomic E-state index is 0.184. The van der Waals surface area contributed by atoms with Gasteiger partial charge in [-0.15, -0.1) is 0 Å². The molecule has 4 nitrogen and oxygen atoms in total. The summed E-state index contributed by atoms with van der Waals surface area (Å²) >= 11 is 0. The number of aryl methyl sites for hydroxylation is 1. The van der Waals surface area contributed by atoms with Crippen molar-refractivity contribution in [3.05, 3.63) is 100 Å². The standard InChI is InChI=1S/C27H25FN2O2/c1-16(2)19-10-14-22(15-11-19)30-26(31)24(20-8-12-21(28)13-9-20)25(27(30)32)29-23-7-5-6-17(3)18(23)4/h5-16,29H,1-4H3. The Morgan fingerprint density at radius 1 is 0.844 bits per heavy atom. The quantitative estimate of drug-likeness (QED) is 0.510. The van der Waals surface area contributed by atoms with Crippen LogP contribution in [0.15, 0.2) is 72.4 Å². The molecule has 0 saturated heterocycles. The Labute approximate surface area is 187 Å². The molecule has 0 fully saturated rings. The maximum Gasteiger partial charge on any atom is 0.282 e. The van der Waals surface area contributed by atoms with Gasteiger partial charge in [-0.1, -0.05) is 50.2 Å². The van der Waals surface area contributed by atoms with Gasteiger partial charge in [0.25, 0.3) is 11.8 Å². The molecule has 0 atom stereocenters. The second kappa shape index (κ2) is 8.42.